The zero-order valence-electron chi connectivity index (χ0n) is 18.5. The number of nitrogen functional groups attached to an aromatic ring is 1. The number of halogens is 2. The van der Waals surface area contributed by atoms with Gasteiger partial charge < -0.3 is 21.3 Å². The summed E-state index contributed by atoms with van der Waals surface area (Å²) in [7, 11) is 0. The summed E-state index contributed by atoms with van der Waals surface area (Å²) in [5.74, 6) is 0.498. The summed E-state index contributed by atoms with van der Waals surface area (Å²) in [6.45, 7) is 1.37. The molecule has 176 valence electrons. The van der Waals surface area contributed by atoms with Crippen LogP contribution in [0.15, 0.2) is 78.9 Å². The number of nitrogens with zero attached hydrogens (tertiary/aromatic N) is 1. The van der Waals surface area contributed by atoms with Gasteiger partial charge in [-0.15, -0.1) is 23.2 Å². The molecule has 0 radical (unpaired) electrons. The molecule has 0 saturated heterocycles. The Morgan fingerprint density at radius 3 is 2.12 bits per heavy atom. The topological polar surface area (TPSA) is 87.5 Å². The summed E-state index contributed by atoms with van der Waals surface area (Å²) >= 11 is 11.7. The number of alkyl halides is 2. The van der Waals surface area contributed by atoms with Crippen LogP contribution in [0.3, 0.4) is 0 Å². The highest BCUT2D eigenvalue weighted by molar-refractivity contribution is 6.18. The quantitative estimate of drug-likeness (QED) is 0.197. The van der Waals surface area contributed by atoms with E-state index in [2.05, 4.69) is 15.5 Å². The van der Waals surface area contributed by atoms with E-state index >= 15 is 0 Å². The summed E-state index contributed by atoms with van der Waals surface area (Å²) in [6.07, 6.45) is 3.12. The Hall–Kier alpha value is -3.48. The van der Waals surface area contributed by atoms with Crippen LogP contribution in [0, 0.1) is 0 Å². The van der Waals surface area contributed by atoms with E-state index in [0.29, 0.717) is 47.5 Å². The number of rotatable bonds is 10. The first-order chi connectivity index (χ1) is 16.5. The van der Waals surface area contributed by atoms with Gasteiger partial charge in [0, 0.05) is 47.9 Å². The maximum Gasteiger partial charge on any atom is 0.255 e. The molecule has 6 nitrogen and oxygen atoms in total. The smallest absolute Gasteiger partial charge is 0.255 e. The van der Waals surface area contributed by atoms with Crippen LogP contribution in [0.5, 0.6) is 0 Å². The Kier molecular flexibility index (Phi) is 9.38. The second-order valence-corrected chi connectivity index (χ2v) is 8.15. The number of benzene rings is 3. The van der Waals surface area contributed by atoms with Gasteiger partial charge in [0.2, 0.25) is 5.91 Å². The van der Waals surface area contributed by atoms with Crippen molar-refractivity contribution in [3.63, 3.8) is 0 Å². The second kappa shape index (κ2) is 12.7. The first-order valence-electron chi connectivity index (χ1n) is 10.7. The number of anilines is 4. The van der Waals surface area contributed by atoms with Crippen molar-refractivity contribution in [3.8, 4) is 0 Å². The van der Waals surface area contributed by atoms with Crippen LogP contribution in [0.1, 0.15) is 15.9 Å². The maximum atomic E-state index is 12.6. The van der Waals surface area contributed by atoms with Crippen molar-refractivity contribution in [1.82, 2.24) is 0 Å². The minimum Gasteiger partial charge on any atom is -0.397 e. The molecule has 3 rings (SSSR count). The highest BCUT2D eigenvalue weighted by atomic mass is 35.5. The van der Waals surface area contributed by atoms with E-state index in [9.17, 15) is 9.59 Å². The summed E-state index contributed by atoms with van der Waals surface area (Å²) in [4.78, 5) is 26.8. The zero-order valence-corrected chi connectivity index (χ0v) is 20.0. The van der Waals surface area contributed by atoms with Crippen molar-refractivity contribution in [2.45, 2.75) is 0 Å². The van der Waals surface area contributed by atoms with E-state index in [1.165, 1.54) is 6.08 Å². The zero-order chi connectivity index (χ0) is 24.3. The molecule has 34 heavy (non-hydrogen) atoms. The first kappa shape index (κ1) is 25.1. The highest BCUT2D eigenvalue weighted by Gasteiger charge is 2.09. The van der Waals surface area contributed by atoms with Gasteiger partial charge >= 0.3 is 0 Å². The Morgan fingerprint density at radius 2 is 1.50 bits per heavy atom. The van der Waals surface area contributed by atoms with Gasteiger partial charge in [-0.3, -0.25) is 9.59 Å². The number of amides is 2. The van der Waals surface area contributed by atoms with E-state index in [4.69, 9.17) is 28.9 Å². The lowest BCUT2D eigenvalue weighted by molar-refractivity contribution is -0.111. The van der Waals surface area contributed by atoms with Gasteiger partial charge in [-0.05, 0) is 60.2 Å². The lowest BCUT2D eigenvalue weighted by Gasteiger charge is -2.22. The van der Waals surface area contributed by atoms with E-state index in [1.54, 1.807) is 54.6 Å². The predicted octanol–water partition coefficient (Wildman–Crippen LogP) is 5.46. The van der Waals surface area contributed by atoms with Gasteiger partial charge in [0.05, 0.1) is 11.4 Å². The molecule has 0 aromatic heterocycles. The first-order valence-corrected chi connectivity index (χ1v) is 11.8. The van der Waals surface area contributed by atoms with Gasteiger partial charge in [0.25, 0.3) is 5.91 Å². The average molecular weight is 497 g/mol. The average Bonchev–Trinajstić information content (AvgIpc) is 2.85. The number of nitrogens with two attached hydrogens (primary N) is 1. The fourth-order valence-electron chi connectivity index (χ4n) is 3.24. The number of nitrogens with one attached hydrogen (secondary N) is 2. The van der Waals surface area contributed by atoms with Crippen LogP contribution in [-0.2, 0) is 4.79 Å². The van der Waals surface area contributed by atoms with Crippen molar-refractivity contribution in [1.29, 1.82) is 0 Å². The van der Waals surface area contributed by atoms with E-state index in [0.717, 1.165) is 11.3 Å². The Bertz CT molecular complexity index is 1130. The van der Waals surface area contributed by atoms with Crippen LogP contribution >= 0.6 is 23.2 Å². The molecule has 3 aromatic rings. The van der Waals surface area contributed by atoms with Gasteiger partial charge in [-0.2, -0.15) is 0 Å². The standard InChI is InChI=1S/C26H26Cl2N4O2/c27-15-17-32(18-16-28)22-12-8-20(9-13-22)26(34)30-21-10-5-19(6-11-21)7-14-25(33)31-24-4-2-1-3-23(24)29/h1-14H,15-18,29H2,(H,30,34)(H,31,33). The molecule has 0 spiro atoms. The van der Waals surface area contributed by atoms with E-state index < -0.39 is 0 Å². The molecule has 2 amide bonds. The molecule has 0 atom stereocenters. The van der Waals surface area contributed by atoms with E-state index in [1.807, 2.05) is 24.3 Å². The minimum absolute atomic E-state index is 0.212. The van der Waals surface area contributed by atoms with Gasteiger partial charge in [0.15, 0.2) is 0 Å². The van der Waals surface area contributed by atoms with Crippen molar-refractivity contribution < 1.29 is 9.59 Å². The summed E-state index contributed by atoms with van der Waals surface area (Å²) in [5.41, 5.74) is 9.88. The Labute approximate surface area is 209 Å². The van der Waals surface area contributed by atoms with Gasteiger partial charge in [-0.1, -0.05) is 24.3 Å². The molecule has 0 aliphatic rings. The third kappa shape index (κ3) is 7.27. The number of hydrogen-bond donors (Lipinski definition) is 3. The van der Waals surface area contributed by atoms with Crippen molar-refractivity contribution in [2.75, 3.05) is 46.1 Å². The third-order valence-electron chi connectivity index (χ3n) is 5.02. The Morgan fingerprint density at radius 1 is 0.853 bits per heavy atom. The predicted molar refractivity (Wildman–Crippen MR) is 143 cm³/mol. The Balaban J connectivity index is 1.56. The molecule has 0 unspecified atom stereocenters. The second-order valence-electron chi connectivity index (χ2n) is 7.40. The van der Waals surface area contributed by atoms with Crippen molar-refractivity contribution in [2.24, 2.45) is 0 Å². The van der Waals surface area contributed by atoms with Gasteiger partial charge in [-0.25, -0.2) is 0 Å². The monoisotopic (exact) mass is 496 g/mol. The molecule has 0 fully saturated rings. The minimum atomic E-state index is -0.283. The number of hydrogen-bond acceptors (Lipinski definition) is 4. The molecule has 4 N–H and O–H groups in total. The number of para-hydroxylation sites is 2. The molecule has 3 aromatic carbocycles. The SMILES string of the molecule is Nc1ccccc1NC(=O)C=Cc1ccc(NC(=O)c2ccc(N(CCCl)CCCl)cc2)cc1. The normalized spacial score (nSPS) is 10.8. The molecular formula is C26H26Cl2N4O2. The van der Waals surface area contributed by atoms with Crippen LogP contribution in [0.25, 0.3) is 6.08 Å². The van der Waals surface area contributed by atoms with Crippen LogP contribution < -0.4 is 21.3 Å². The fraction of sp³-hybridized carbons (Fsp3) is 0.154. The largest absolute Gasteiger partial charge is 0.397 e. The maximum absolute atomic E-state index is 12.6. The highest BCUT2D eigenvalue weighted by Crippen LogP contribution is 2.18. The molecule has 0 heterocycles. The summed E-state index contributed by atoms with van der Waals surface area (Å²) < 4.78 is 0. The number of carbonyl (C=O) groups is 2. The van der Waals surface area contributed by atoms with Crippen LogP contribution in [0.4, 0.5) is 22.7 Å². The summed E-state index contributed by atoms with van der Waals surface area (Å²) in [5, 5.41) is 5.61. The molecule has 0 aliphatic carbocycles. The number of carbonyl (C=O) groups excluding carboxylic acids is 2. The van der Waals surface area contributed by atoms with Gasteiger partial charge in [0.1, 0.15) is 0 Å². The molecule has 0 aliphatic heterocycles. The van der Waals surface area contributed by atoms with Crippen LogP contribution in [0.2, 0.25) is 0 Å². The van der Waals surface area contributed by atoms with E-state index in [-0.39, 0.29) is 11.8 Å². The molecule has 8 heteroatoms. The summed E-state index contributed by atoms with van der Waals surface area (Å²) in [6, 6.07) is 21.6. The lowest BCUT2D eigenvalue weighted by atomic mass is 10.1. The molecule has 0 saturated carbocycles. The molecular weight excluding hydrogens is 471 g/mol. The van der Waals surface area contributed by atoms with Crippen molar-refractivity contribution in [3.05, 3.63) is 90.0 Å². The van der Waals surface area contributed by atoms with Crippen LogP contribution in [-0.4, -0.2) is 36.7 Å². The molecule has 0 bridgehead atoms. The van der Waals surface area contributed by atoms with Crippen molar-refractivity contribution >= 4 is 63.8 Å². The third-order valence-corrected chi connectivity index (χ3v) is 5.36. The lowest BCUT2D eigenvalue weighted by Crippen LogP contribution is -2.27. The fourth-order valence-corrected chi connectivity index (χ4v) is 3.64.